The van der Waals surface area contributed by atoms with Crippen LogP contribution < -0.4 is 10.6 Å². The highest BCUT2D eigenvalue weighted by Crippen LogP contribution is 2.22. The van der Waals surface area contributed by atoms with Crippen LogP contribution in [0.2, 0.25) is 0 Å². The molecule has 7 heteroatoms. The number of carbonyl (C=O) groups excluding carboxylic acids is 2. The molecule has 1 aliphatic heterocycles. The number of hydrogen-bond acceptors (Lipinski definition) is 3. The van der Waals surface area contributed by atoms with Gasteiger partial charge in [-0.15, -0.1) is 12.4 Å². The van der Waals surface area contributed by atoms with Gasteiger partial charge in [0.2, 0.25) is 11.8 Å². The average molecular weight is 393 g/mol. The highest BCUT2D eigenvalue weighted by Gasteiger charge is 2.21. The first-order valence-electron chi connectivity index (χ1n) is 9.50. The molecule has 2 amide bonds. The Labute approximate surface area is 166 Å². The maximum Gasteiger partial charge on any atom is 0.242 e. The third-order valence-corrected chi connectivity index (χ3v) is 5.13. The van der Waals surface area contributed by atoms with Crippen LogP contribution >= 0.6 is 12.4 Å². The SMILES string of the molecule is CCN(CC)C(=O)Cn1ccc2cc(NC(=O)C3CCCNC3)ccc21.Cl. The van der Waals surface area contributed by atoms with E-state index < -0.39 is 0 Å². The number of fused-ring (bicyclic) bond motifs is 1. The molecule has 0 bridgehead atoms. The molecular weight excluding hydrogens is 364 g/mol. The molecule has 6 nitrogen and oxygen atoms in total. The van der Waals surface area contributed by atoms with Gasteiger partial charge in [-0.3, -0.25) is 9.59 Å². The summed E-state index contributed by atoms with van der Waals surface area (Å²) in [4.78, 5) is 26.6. The van der Waals surface area contributed by atoms with Gasteiger partial charge in [-0.05, 0) is 57.5 Å². The van der Waals surface area contributed by atoms with E-state index in [1.807, 2.05) is 53.8 Å². The number of amides is 2. The number of aromatic nitrogens is 1. The van der Waals surface area contributed by atoms with Crippen LogP contribution in [0.5, 0.6) is 0 Å². The standard InChI is InChI=1S/C20H28N4O2.ClH/c1-3-23(4-2)19(25)14-24-11-9-15-12-17(7-8-18(15)24)22-20(26)16-6-5-10-21-13-16;/h7-9,11-12,16,21H,3-6,10,13-14H2,1-2H3,(H,22,26);1H. The summed E-state index contributed by atoms with van der Waals surface area (Å²) in [6.07, 6.45) is 3.91. The lowest BCUT2D eigenvalue weighted by atomic mass is 9.99. The molecule has 2 heterocycles. The number of rotatable bonds is 6. The zero-order valence-electron chi connectivity index (χ0n) is 16.0. The number of hydrogen-bond donors (Lipinski definition) is 2. The van der Waals surface area contributed by atoms with E-state index in [-0.39, 0.29) is 30.1 Å². The Bertz CT molecular complexity index is 779. The Kier molecular flexibility index (Phi) is 7.68. The summed E-state index contributed by atoms with van der Waals surface area (Å²) in [5.41, 5.74) is 1.81. The van der Waals surface area contributed by atoms with Gasteiger partial charge in [0, 0.05) is 42.4 Å². The summed E-state index contributed by atoms with van der Waals surface area (Å²) in [6.45, 7) is 7.51. The molecule has 148 valence electrons. The van der Waals surface area contributed by atoms with Crippen molar-refractivity contribution in [2.75, 3.05) is 31.5 Å². The molecule has 0 aliphatic carbocycles. The number of likely N-dealkylation sites (N-methyl/N-ethyl adjacent to an activating group) is 1. The lowest BCUT2D eigenvalue weighted by Crippen LogP contribution is -2.37. The zero-order valence-corrected chi connectivity index (χ0v) is 16.8. The number of halogens is 1. The molecule has 2 N–H and O–H groups in total. The normalized spacial score (nSPS) is 16.6. The van der Waals surface area contributed by atoms with Crippen molar-refractivity contribution in [3.63, 3.8) is 0 Å². The minimum atomic E-state index is 0. The Morgan fingerprint density at radius 2 is 2.04 bits per heavy atom. The van der Waals surface area contributed by atoms with Gasteiger partial charge in [0.25, 0.3) is 0 Å². The van der Waals surface area contributed by atoms with E-state index in [0.29, 0.717) is 6.54 Å². The van der Waals surface area contributed by atoms with Gasteiger partial charge in [-0.1, -0.05) is 0 Å². The summed E-state index contributed by atoms with van der Waals surface area (Å²) in [5, 5.41) is 7.32. The molecular formula is C20H29ClN4O2. The second-order valence-corrected chi connectivity index (χ2v) is 6.82. The Balaban J connectivity index is 0.00000261. The van der Waals surface area contributed by atoms with Crippen molar-refractivity contribution in [3.05, 3.63) is 30.5 Å². The number of benzene rings is 1. The molecule has 0 radical (unpaired) electrons. The fraction of sp³-hybridized carbons (Fsp3) is 0.500. The fourth-order valence-electron chi connectivity index (χ4n) is 3.56. The molecule has 1 atom stereocenters. The second kappa shape index (κ2) is 9.76. The molecule has 1 fully saturated rings. The topological polar surface area (TPSA) is 66.4 Å². The van der Waals surface area contributed by atoms with Crippen LogP contribution in [0.15, 0.2) is 30.5 Å². The molecule has 1 aromatic heterocycles. The average Bonchev–Trinajstić information content (AvgIpc) is 3.05. The molecule has 0 saturated carbocycles. The first-order valence-corrected chi connectivity index (χ1v) is 9.50. The molecule has 1 aromatic carbocycles. The Morgan fingerprint density at radius 1 is 1.26 bits per heavy atom. The molecule has 2 aromatic rings. The fourth-order valence-corrected chi connectivity index (χ4v) is 3.56. The highest BCUT2D eigenvalue weighted by atomic mass is 35.5. The van der Waals surface area contributed by atoms with Crippen LogP contribution in [0.4, 0.5) is 5.69 Å². The van der Waals surface area contributed by atoms with E-state index in [1.165, 1.54) is 0 Å². The lowest BCUT2D eigenvalue weighted by Gasteiger charge is -2.22. The molecule has 27 heavy (non-hydrogen) atoms. The van der Waals surface area contributed by atoms with Crippen LogP contribution in [0.25, 0.3) is 10.9 Å². The molecule has 1 saturated heterocycles. The van der Waals surface area contributed by atoms with Crippen LogP contribution in [-0.4, -0.2) is 47.5 Å². The molecule has 0 spiro atoms. The highest BCUT2D eigenvalue weighted by molar-refractivity contribution is 5.95. The smallest absolute Gasteiger partial charge is 0.242 e. The van der Waals surface area contributed by atoms with Crippen molar-refractivity contribution in [2.24, 2.45) is 5.92 Å². The predicted molar refractivity (Wildman–Crippen MR) is 111 cm³/mol. The number of carbonyl (C=O) groups is 2. The van der Waals surface area contributed by atoms with Gasteiger partial charge < -0.3 is 20.1 Å². The van der Waals surface area contributed by atoms with E-state index in [0.717, 1.165) is 55.6 Å². The van der Waals surface area contributed by atoms with Gasteiger partial charge in [0.15, 0.2) is 0 Å². The van der Waals surface area contributed by atoms with E-state index in [4.69, 9.17) is 0 Å². The second-order valence-electron chi connectivity index (χ2n) is 6.82. The quantitative estimate of drug-likeness (QED) is 0.794. The van der Waals surface area contributed by atoms with Crippen LogP contribution in [0, 0.1) is 5.92 Å². The zero-order chi connectivity index (χ0) is 18.5. The van der Waals surface area contributed by atoms with Crippen molar-refractivity contribution in [2.45, 2.75) is 33.2 Å². The van der Waals surface area contributed by atoms with Crippen LogP contribution in [-0.2, 0) is 16.1 Å². The Hall–Kier alpha value is -2.05. The first-order chi connectivity index (χ1) is 12.6. The van der Waals surface area contributed by atoms with E-state index >= 15 is 0 Å². The minimum absolute atomic E-state index is 0. The van der Waals surface area contributed by atoms with Gasteiger partial charge in [0.05, 0.1) is 5.92 Å². The lowest BCUT2D eigenvalue weighted by molar-refractivity contribution is -0.131. The van der Waals surface area contributed by atoms with Gasteiger partial charge in [-0.25, -0.2) is 0 Å². The summed E-state index contributed by atoms with van der Waals surface area (Å²) < 4.78 is 1.96. The van der Waals surface area contributed by atoms with Crippen molar-refractivity contribution < 1.29 is 9.59 Å². The van der Waals surface area contributed by atoms with Crippen molar-refractivity contribution in [1.82, 2.24) is 14.8 Å². The van der Waals surface area contributed by atoms with Crippen molar-refractivity contribution >= 4 is 40.8 Å². The van der Waals surface area contributed by atoms with E-state index in [9.17, 15) is 9.59 Å². The van der Waals surface area contributed by atoms with Gasteiger partial charge in [-0.2, -0.15) is 0 Å². The number of piperidine rings is 1. The third-order valence-electron chi connectivity index (χ3n) is 5.13. The van der Waals surface area contributed by atoms with Crippen molar-refractivity contribution in [3.8, 4) is 0 Å². The van der Waals surface area contributed by atoms with Gasteiger partial charge in [0.1, 0.15) is 6.54 Å². The minimum Gasteiger partial charge on any atom is -0.342 e. The third kappa shape index (κ3) is 5.02. The molecule has 1 aliphatic rings. The largest absolute Gasteiger partial charge is 0.342 e. The van der Waals surface area contributed by atoms with E-state index in [2.05, 4.69) is 10.6 Å². The monoisotopic (exact) mass is 392 g/mol. The summed E-state index contributed by atoms with van der Waals surface area (Å²) in [7, 11) is 0. The first kappa shape index (κ1) is 21.3. The van der Waals surface area contributed by atoms with Gasteiger partial charge >= 0.3 is 0 Å². The van der Waals surface area contributed by atoms with Crippen LogP contribution in [0.1, 0.15) is 26.7 Å². The number of nitrogens with one attached hydrogen (secondary N) is 2. The number of nitrogens with zero attached hydrogens (tertiary/aromatic N) is 2. The molecule has 3 rings (SSSR count). The predicted octanol–water partition coefficient (Wildman–Crippen LogP) is 2.87. The number of anilines is 1. The van der Waals surface area contributed by atoms with Crippen LogP contribution in [0.3, 0.4) is 0 Å². The maximum atomic E-state index is 12.4. The van der Waals surface area contributed by atoms with Crippen molar-refractivity contribution in [1.29, 1.82) is 0 Å². The summed E-state index contributed by atoms with van der Waals surface area (Å²) in [6, 6.07) is 7.85. The molecule has 1 unspecified atom stereocenters. The Morgan fingerprint density at radius 3 is 2.70 bits per heavy atom. The maximum absolute atomic E-state index is 12.4. The summed E-state index contributed by atoms with van der Waals surface area (Å²) >= 11 is 0. The summed E-state index contributed by atoms with van der Waals surface area (Å²) in [5.74, 6) is 0.234. The van der Waals surface area contributed by atoms with E-state index in [1.54, 1.807) is 0 Å².